The highest BCUT2D eigenvalue weighted by molar-refractivity contribution is 8.20. The molecule has 2 aliphatic rings. The van der Waals surface area contributed by atoms with Gasteiger partial charge in [0.05, 0.1) is 21.9 Å². The van der Waals surface area contributed by atoms with Crippen molar-refractivity contribution < 1.29 is 9.59 Å². The lowest BCUT2D eigenvalue weighted by Crippen LogP contribution is -2.39. The van der Waals surface area contributed by atoms with Gasteiger partial charge in [0.15, 0.2) is 0 Å². The van der Waals surface area contributed by atoms with Crippen LogP contribution in [-0.4, -0.2) is 28.7 Å². The molecule has 0 bridgehead atoms. The van der Waals surface area contributed by atoms with Crippen LogP contribution in [0.5, 0.6) is 0 Å². The number of amides is 3. The van der Waals surface area contributed by atoms with Gasteiger partial charge in [-0.25, -0.2) is 9.69 Å². The fourth-order valence-corrected chi connectivity index (χ4v) is 3.88. The van der Waals surface area contributed by atoms with Crippen molar-refractivity contribution in [2.24, 2.45) is 4.40 Å². The van der Waals surface area contributed by atoms with Gasteiger partial charge in [-0.05, 0) is 41.7 Å². The van der Waals surface area contributed by atoms with Gasteiger partial charge in [0.25, 0.3) is 5.91 Å². The van der Waals surface area contributed by atoms with E-state index in [1.165, 1.54) is 15.9 Å². The molecule has 122 valence electrons. The lowest BCUT2D eigenvalue weighted by atomic mass is 10.2. The second-order valence-corrected chi connectivity index (χ2v) is 6.89. The molecule has 1 aromatic carbocycles. The standard InChI is InChI=1S/C14H12Cl3N3O2S/c15-8-5-6-11(10(16)7-8)20-12(18-23-17)13(21)19(14(20)22)9-3-1-2-4-9/h5-7,9H,1-4H2/b18-12-. The van der Waals surface area contributed by atoms with E-state index >= 15 is 0 Å². The van der Waals surface area contributed by atoms with Crippen LogP contribution < -0.4 is 4.90 Å². The Labute approximate surface area is 152 Å². The zero-order valence-corrected chi connectivity index (χ0v) is 14.9. The number of hydrogen-bond acceptors (Lipinski definition) is 4. The first-order valence-corrected chi connectivity index (χ1v) is 9.38. The fourth-order valence-electron chi connectivity index (χ4n) is 2.97. The van der Waals surface area contributed by atoms with E-state index in [9.17, 15) is 9.59 Å². The summed E-state index contributed by atoms with van der Waals surface area (Å²) in [5.41, 5.74) is 0.361. The molecule has 1 aromatic rings. The third-order valence-electron chi connectivity index (χ3n) is 3.98. The molecular weight excluding hydrogens is 381 g/mol. The SMILES string of the molecule is O=C1/C(=N/SCl)N(c2ccc(Cl)cc2Cl)C(=O)N1C1CCCC1. The molecule has 5 nitrogen and oxygen atoms in total. The molecule has 3 rings (SSSR count). The van der Waals surface area contributed by atoms with E-state index in [1.807, 2.05) is 0 Å². The Morgan fingerprint density at radius 2 is 1.87 bits per heavy atom. The second-order valence-electron chi connectivity index (χ2n) is 5.31. The predicted molar refractivity (Wildman–Crippen MR) is 94.3 cm³/mol. The minimum absolute atomic E-state index is 0.0360. The third-order valence-corrected chi connectivity index (χ3v) is 4.97. The van der Waals surface area contributed by atoms with E-state index in [4.69, 9.17) is 33.9 Å². The molecule has 1 saturated heterocycles. The highest BCUT2D eigenvalue weighted by Crippen LogP contribution is 2.35. The molecule has 0 radical (unpaired) electrons. The molecular formula is C14H12Cl3N3O2S. The summed E-state index contributed by atoms with van der Waals surface area (Å²) in [7, 11) is 5.59. The molecule has 0 aromatic heterocycles. The summed E-state index contributed by atoms with van der Waals surface area (Å²) in [6, 6.07) is 4.15. The molecule has 3 amide bonds. The van der Waals surface area contributed by atoms with Gasteiger partial charge in [0.2, 0.25) is 5.84 Å². The van der Waals surface area contributed by atoms with Gasteiger partial charge < -0.3 is 0 Å². The summed E-state index contributed by atoms with van der Waals surface area (Å²) >= 11 is 12.7. The van der Waals surface area contributed by atoms with Gasteiger partial charge in [-0.15, -0.1) is 0 Å². The van der Waals surface area contributed by atoms with Crippen molar-refractivity contribution >= 4 is 68.5 Å². The van der Waals surface area contributed by atoms with Gasteiger partial charge in [-0.2, -0.15) is 4.40 Å². The highest BCUT2D eigenvalue weighted by Gasteiger charge is 2.47. The number of anilines is 1. The average molecular weight is 393 g/mol. The molecule has 1 aliphatic heterocycles. The summed E-state index contributed by atoms with van der Waals surface area (Å²) in [6.07, 6.45) is 3.61. The number of imide groups is 1. The molecule has 0 N–H and O–H groups in total. The second kappa shape index (κ2) is 6.89. The van der Waals surface area contributed by atoms with Crippen molar-refractivity contribution in [3.8, 4) is 0 Å². The summed E-state index contributed by atoms with van der Waals surface area (Å²) in [5.74, 6) is -0.479. The number of carbonyl (C=O) groups excluding carboxylic acids is 2. The van der Waals surface area contributed by atoms with Crippen molar-refractivity contribution in [3.05, 3.63) is 28.2 Å². The number of rotatable bonds is 3. The van der Waals surface area contributed by atoms with Crippen LogP contribution in [0.15, 0.2) is 22.6 Å². The van der Waals surface area contributed by atoms with Crippen LogP contribution in [-0.2, 0) is 4.79 Å². The molecule has 0 unspecified atom stereocenters. The Balaban J connectivity index is 2.04. The van der Waals surface area contributed by atoms with E-state index in [0.29, 0.717) is 21.9 Å². The van der Waals surface area contributed by atoms with Crippen molar-refractivity contribution in [2.45, 2.75) is 31.7 Å². The number of urea groups is 1. The maximum Gasteiger partial charge on any atom is 0.337 e. The zero-order chi connectivity index (χ0) is 16.6. The molecule has 0 atom stereocenters. The van der Waals surface area contributed by atoms with Crippen LogP contribution in [0.1, 0.15) is 25.7 Å². The summed E-state index contributed by atoms with van der Waals surface area (Å²) in [5, 5.41) is 0.703. The Kier molecular flexibility index (Phi) is 5.06. The van der Waals surface area contributed by atoms with Crippen molar-refractivity contribution in [1.29, 1.82) is 0 Å². The smallest absolute Gasteiger partial charge is 0.265 e. The molecule has 1 aliphatic carbocycles. The quantitative estimate of drug-likeness (QED) is 0.543. The monoisotopic (exact) mass is 391 g/mol. The molecule has 0 spiro atoms. The summed E-state index contributed by atoms with van der Waals surface area (Å²) in [4.78, 5) is 27.9. The van der Waals surface area contributed by atoms with E-state index in [0.717, 1.165) is 25.7 Å². The lowest BCUT2D eigenvalue weighted by molar-refractivity contribution is -0.121. The Morgan fingerprint density at radius 1 is 1.17 bits per heavy atom. The number of amidine groups is 1. The van der Waals surface area contributed by atoms with Gasteiger partial charge in [-0.3, -0.25) is 9.69 Å². The number of benzene rings is 1. The van der Waals surface area contributed by atoms with E-state index in [2.05, 4.69) is 4.40 Å². The van der Waals surface area contributed by atoms with Gasteiger partial charge in [-0.1, -0.05) is 36.0 Å². The Bertz CT molecular complexity index is 692. The number of halogens is 3. The van der Waals surface area contributed by atoms with Crippen molar-refractivity contribution in [2.75, 3.05) is 4.90 Å². The Morgan fingerprint density at radius 3 is 2.48 bits per heavy atom. The van der Waals surface area contributed by atoms with Crippen LogP contribution in [0.4, 0.5) is 10.5 Å². The van der Waals surface area contributed by atoms with Crippen LogP contribution >= 0.6 is 45.0 Å². The third kappa shape index (κ3) is 3.05. The van der Waals surface area contributed by atoms with Crippen LogP contribution in [0.25, 0.3) is 0 Å². The highest BCUT2D eigenvalue weighted by atomic mass is 35.7. The number of nitrogens with zero attached hydrogens (tertiary/aromatic N) is 3. The van der Waals surface area contributed by atoms with Crippen molar-refractivity contribution in [1.82, 2.24) is 4.90 Å². The maximum absolute atomic E-state index is 12.8. The topological polar surface area (TPSA) is 53.0 Å². The fraction of sp³-hybridized carbons (Fsp3) is 0.357. The average Bonchev–Trinajstić information content (AvgIpc) is 3.09. The first kappa shape index (κ1) is 16.9. The zero-order valence-electron chi connectivity index (χ0n) is 11.8. The minimum atomic E-state index is -0.449. The van der Waals surface area contributed by atoms with Gasteiger partial charge >= 0.3 is 6.03 Å². The minimum Gasteiger partial charge on any atom is -0.265 e. The first-order chi connectivity index (χ1) is 11.0. The van der Waals surface area contributed by atoms with Gasteiger partial charge in [0, 0.05) is 11.1 Å². The molecule has 1 saturated carbocycles. The number of hydrogen-bond donors (Lipinski definition) is 0. The predicted octanol–water partition coefficient (Wildman–Crippen LogP) is 4.91. The normalized spacial score (nSPS) is 21.1. The van der Waals surface area contributed by atoms with E-state index < -0.39 is 11.9 Å². The van der Waals surface area contributed by atoms with Crippen LogP contribution in [0, 0.1) is 0 Å². The van der Waals surface area contributed by atoms with Crippen molar-refractivity contribution in [3.63, 3.8) is 0 Å². The molecule has 23 heavy (non-hydrogen) atoms. The van der Waals surface area contributed by atoms with E-state index in [1.54, 1.807) is 12.1 Å². The molecule has 1 heterocycles. The summed E-state index contributed by atoms with van der Waals surface area (Å²) < 4.78 is 3.92. The van der Waals surface area contributed by atoms with E-state index in [-0.39, 0.29) is 16.9 Å². The summed E-state index contributed by atoms with van der Waals surface area (Å²) in [6.45, 7) is 0. The van der Waals surface area contributed by atoms with Crippen LogP contribution in [0.3, 0.4) is 0 Å². The maximum atomic E-state index is 12.8. The molecule has 9 heteroatoms. The first-order valence-electron chi connectivity index (χ1n) is 7.03. The number of carbonyl (C=O) groups is 2. The van der Waals surface area contributed by atoms with Gasteiger partial charge in [0.1, 0.15) is 0 Å². The van der Waals surface area contributed by atoms with Crippen LogP contribution in [0.2, 0.25) is 10.0 Å². The Hall–Kier alpha value is -0.950. The largest absolute Gasteiger partial charge is 0.337 e. The lowest BCUT2D eigenvalue weighted by Gasteiger charge is -2.21. The molecule has 2 fully saturated rings.